The molecule has 0 saturated heterocycles. The lowest BCUT2D eigenvalue weighted by Gasteiger charge is -2.15. The summed E-state index contributed by atoms with van der Waals surface area (Å²) in [6, 6.07) is 12.5. The number of carbonyl (C=O) groups is 1. The lowest BCUT2D eigenvalue weighted by molar-refractivity contribution is -0.122. The van der Waals surface area contributed by atoms with Crippen molar-refractivity contribution in [1.82, 2.24) is 10.1 Å². The van der Waals surface area contributed by atoms with E-state index in [9.17, 15) is 9.18 Å². The quantitative estimate of drug-likeness (QED) is 0.682. The fourth-order valence-electron chi connectivity index (χ4n) is 2.32. The standard InChI is InChI=1S/C19H18FN3O4/c1-3-16(26-15-10-6-13(20)7-11-15)17(24)21-19-22-18(27-23-19)12-4-8-14(25-2)9-5-12/h4-11,16H,3H2,1-2H3,(H,21,23,24)/t16-/m1/s1. The van der Waals surface area contributed by atoms with E-state index in [1.807, 2.05) is 0 Å². The molecule has 140 valence electrons. The molecular formula is C19H18FN3O4. The molecule has 0 bridgehead atoms. The summed E-state index contributed by atoms with van der Waals surface area (Å²) in [7, 11) is 1.58. The van der Waals surface area contributed by atoms with Crippen LogP contribution in [-0.4, -0.2) is 29.3 Å². The smallest absolute Gasteiger partial charge is 0.270 e. The van der Waals surface area contributed by atoms with Crippen LogP contribution in [0.3, 0.4) is 0 Å². The van der Waals surface area contributed by atoms with E-state index in [0.717, 1.165) is 0 Å². The van der Waals surface area contributed by atoms with Crippen molar-refractivity contribution in [2.45, 2.75) is 19.4 Å². The zero-order valence-electron chi connectivity index (χ0n) is 14.8. The largest absolute Gasteiger partial charge is 0.497 e. The number of hydrogen-bond acceptors (Lipinski definition) is 6. The Hall–Kier alpha value is -3.42. The van der Waals surface area contributed by atoms with Gasteiger partial charge in [-0.15, -0.1) is 0 Å². The van der Waals surface area contributed by atoms with E-state index < -0.39 is 12.0 Å². The third-order valence-electron chi connectivity index (χ3n) is 3.75. The van der Waals surface area contributed by atoms with Gasteiger partial charge in [-0.25, -0.2) is 4.39 Å². The summed E-state index contributed by atoms with van der Waals surface area (Å²) in [5.41, 5.74) is 0.693. The monoisotopic (exact) mass is 371 g/mol. The molecule has 2 aromatic carbocycles. The third-order valence-corrected chi connectivity index (χ3v) is 3.75. The second kappa shape index (κ2) is 8.31. The minimum atomic E-state index is -0.779. The molecule has 0 spiro atoms. The number of rotatable bonds is 7. The SMILES string of the molecule is CC[C@@H](Oc1ccc(F)cc1)C(=O)Nc1noc(-c2ccc(OC)cc2)n1. The molecule has 1 atom stereocenters. The van der Waals surface area contributed by atoms with E-state index in [4.69, 9.17) is 14.0 Å². The number of benzene rings is 2. The number of carbonyl (C=O) groups excluding carboxylic acids is 1. The van der Waals surface area contributed by atoms with Crippen LogP contribution in [0.25, 0.3) is 11.5 Å². The normalized spacial score (nSPS) is 11.7. The highest BCUT2D eigenvalue weighted by Crippen LogP contribution is 2.22. The molecule has 1 aromatic heterocycles. The molecule has 0 aliphatic carbocycles. The molecule has 0 aliphatic rings. The van der Waals surface area contributed by atoms with Crippen LogP contribution in [0.5, 0.6) is 11.5 Å². The van der Waals surface area contributed by atoms with Crippen LogP contribution >= 0.6 is 0 Å². The molecule has 1 heterocycles. The minimum Gasteiger partial charge on any atom is -0.497 e. The van der Waals surface area contributed by atoms with E-state index in [1.165, 1.54) is 24.3 Å². The number of amides is 1. The van der Waals surface area contributed by atoms with Crippen molar-refractivity contribution in [2.75, 3.05) is 12.4 Å². The van der Waals surface area contributed by atoms with Crippen molar-refractivity contribution in [1.29, 1.82) is 0 Å². The van der Waals surface area contributed by atoms with E-state index >= 15 is 0 Å². The minimum absolute atomic E-state index is 0.0342. The number of methoxy groups -OCH3 is 1. The van der Waals surface area contributed by atoms with Gasteiger partial charge >= 0.3 is 0 Å². The van der Waals surface area contributed by atoms with Gasteiger partial charge in [0, 0.05) is 5.56 Å². The number of hydrogen-bond donors (Lipinski definition) is 1. The van der Waals surface area contributed by atoms with Crippen molar-refractivity contribution >= 4 is 11.9 Å². The maximum Gasteiger partial charge on any atom is 0.270 e. The fraction of sp³-hybridized carbons (Fsp3) is 0.211. The second-order valence-corrected chi connectivity index (χ2v) is 5.61. The Labute approximate surface area is 155 Å². The zero-order valence-corrected chi connectivity index (χ0v) is 14.8. The van der Waals surface area contributed by atoms with Crippen molar-refractivity contribution in [2.24, 2.45) is 0 Å². The number of anilines is 1. The Kier molecular flexibility index (Phi) is 5.65. The van der Waals surface area contributed by atoms with Crippen molar-refractivity contribution in [3.63, 3.8) is 0 Å². The number of aromatic nitrogens is 2. The van der Waals surface area contributed by atoms with Crippen LogP contribution < -0.4 is 14.8 Å². The lowest BCUT2D eigenvalue weighted by atomic mass is 10.2. The van der Waals surface area contributed by atoms with Gasteiger partial charge in [-0.3, -0.25) is 10.1 Å². The van der Waals surface area contributed by atoms with Gasteiger partial charge in [0.25, 0.3) is 17.7 Å². The summed E-state index contributed by atoms with van der Waals surface area (Å²) in [5, 5.41) is 6.31. The molecule has 0 radical (unpaired) electrons. The Balaban J connectivity index is 1.65. The average Bonchev–Trinajstić information content (AvgIpc) is 3.16. The Morgan fingerprint density at radius 2 is 1.81 bits per heavy atom. The van der Waals surface area contributed by atoms with Gasteiger partial charge in [-0.2, -0.15) is 4.98 Å². The van der Waals surface area contributed by atoms with E-state index in [2.05, 4.69) is 15.5 Å². The zero-order chi connectivity index (χ0) is 19.2. The fourth-order valence-corrected chi connectivity index (χ4v) is 2.32. The molecule has 1 amide bonds. The molecule has 0 saturated carbocycles. The van der Waals surface area contributed by atoms with Crippen LogP contribution in [0, 0.1) is 5.82 Å². The van der Waals surface area contributed by atoms with Gasteiger partial charge < -0.3 is 14.0 Å². The first-order valence-corrected chi connectivity index (χ1v) is 8.30. The summed E-state index contributed by atoms with van der Waals surface area (Å²) >= 11 is 0. The van der Waals surface area contributed by atoms with Gasteiger partial charge in [0.15, 0.2) is 6.10 Å². The molecule has 3 aromatic rings. The topological polar surface area (TPSA) is 86.5 Å². The second-order valence-electron chi connectivity index (χ2n) is 5.61. The first-order chi connectivity index (χ1) is 13.1. The molecule has 7 nitrogen and oxygen atoms in total. The van der Waals surface area contributed by atoms with Crippen LogP contribution in [0.2, 0.25) is 0 Å². The Morgan fingerprint density at radius 1 is 1.15 bits per heavy atom. The Bertz CT molecular complexity index is 894. The maximum atomic E-state index is 13.0. The number of nitrogens with one attached hydrogen (secondary N) is 1. The summed E-state index contributed by atoms with van der Waals surface area (Å²) in [6.45, 7) is 1.80. The highest BCUT2D eigenvalue weighted by Gasteiger charge is 2.21. The average molecular weight is 371 g/mol. The van der Waals surface area contributed by atoms with Gasteiger partial charge in [-0.1, -0.05) is 6.92 Å². The van der Waals surface area contributed by atoms with E-state index in [-0.39, 0.29) is 17.7 Å². The van der Waals surface area contributed by atoms with Crippen LogP contribution in [-0.2, 0) is 4.79 Å². The van der Waals surface area contributed by atoms with Crippen LogP contribution in [0.1, 0.15) is 13.3 Å². The third kappa shape index (κ3) is 4.60. The maximum absolute atomic E-state index is 13.0. The lowest BCUT2D eigenvalue weighted by Crippen LogP contribution is -2.32. The van der Waals surface area contributed by atoms with Crippen molar-refractivity contribution in [3.8, 4) is 23.0 Å². The van der Waals surface area contributed by atoms with Crippen LogP contribution in [0.15, 0.2) is 53.1 Å². The van der Waals surface area contributed by atoms with Gasteiger partial charge in [0.05, 0.1) is 7.11 Å². The van der Waals surface area contributed by atoms with Gasteiger partial charge in [0.1, 0.15) is 17.3 Å². The summed E-state index contributed by atoms with van der Waals surface area (Å²) in [5.74, 6) is 0.593. The van der Waals surface area contributed by atoms with Gasteiger partial charge in [0.2, 0.25) is 0 Å². The number of ether oxygens (including phenoxy) is 2. The van der Waals surface area contributed by atoms with Crippen molar-refractivity contribution < 1.29 is 23.2 Å². The molecule has 3 rings (SSSR count). The predicted molar refractivity (Wildman–Crippen MR) is 96.0 cm³/mol. The van der Waals surface area contributed by atoms with Crippen LogP contribution in [0.4, 0.5) is 10.3 Å². The van der Waals surface area contributed by atoms with E-state index in [0.29, 0.717) is 23.5 Å². The summed E-state index contributed by atoms with van der Waals surface area (Å²) in [4.78, 5) is 16.6. The molecular weight excluding hydrogens is 353 g/mol. The predicted octanol–water partition coefficient (Wildman–Crippen LogP) is 3.68. The molecule has 0 unspecified atom stereocenters. The van der Waals surface area contributed by atoms with Crippen molar-refractivity contribution in [3.05, 3.63) is 54.3 Å². The van der Waals surface area contributed by atoms with E-state index in [1.54, 1.807) is 38.3 Å². The van der Waals surface area contributed by atoms with Gasteiger partial charge in [-0.05, 0) is 60.1 Å². The molecule has 27 heavy (non-hydrogen) atoms. The molecule has 8 heteroatoms. The highest BCUT2D eigenvalue weighted by molar-refractivity contribution is 5.92. The molecule has 1 N–H and O–H groups in total. The summed E-state index contributed by atoms with van der Waals surface area (Å²) in [6.07, 6.45) is -0.370. The number of halogens is 1. The summed E-state index contributed by atoms with van der Waals surface area (Å²) < 4.78 is 28.8. The molecule has 0 aliphatic heterocycles. The first kappa shape index (κ1) is 18.4. The Morgan fingerprint density at radius 3 is 2.44 bits per heavy atom. The first-order valence-electron chi connectivity index (χ1n) is 8.30. The molecule has 0 fully saturated rings. The number of nitrogens with zero attached hydrogens (tertiary/aromatic N) is 2. The highest BCUT2D eigenvalue weighted by atomic mass is 19.1.